The standard InChI is InChI=1S/C21H25.C9H13.C2H6Si.2ClH.Ti/c1-20(2,3)16-7-9-18-14(12-16)11-15-13-17(21(4,5)6)8-10-19(15)18;1-3-8-6-5-7-9(8)4-2;1-3-2;;;/h7-10,12H,11H2,1-6H3;6H,3-5H2,1-2H3;1-2H3;2*1H;/q2*-1;;;;+2/p-2. The van der Waals surface area contributed by atoms with E-state index in [0.717, 1.165) is 19.3 Å². The van der Waals surface area contributed by atoms with Crippen LogP contribution in [0, 0.1) is 12.1 Å². The van der Waals surface area contributed by atoms with Crippen LogP contribution in [-0.4, -0.2) is 6.19 Å². The van der Waals surface area contributed by atoms with Gasteiger partial charge in [-0.25, -0.2) is 5.57 Å². The van der Waals surface area contributed by atoms with E-state index in [1.54, 1.807) is 0 Å². The molecule has 196 valence electrons. The summed E-state index contributed by atoms with van der Waals surface area (Å²) in [5, 5.41) is 0. The second-order valence-electron chi connectivity index (χ2n) is 11.6. The van der Waals surface area contributed by atoms with E-state index < -0.39 is 0 Å². The van der Waals surface area contributed by atoms with Crippen LogP contribution in [0.4, 0.5) is 0 Å². The molecular formula is C32H44Cl2SiTi-2. The van der Waals surface area contributed by atoms with Crippen LogP contribution in [0.1, 0.15) is 96.9 Å². The summed E-state index contributed by atoms with van der Waals surface area (Å²) in [6, 6.07) is 15.2. The van der Waals surface area contributed by atoms with Crippen molar-refractivity contribution in [2.45, 2.75) is 105 Å². The predicted molar refractivity (Wildman–Crippen MR) is 148 cm³/mol. The number of halogens is 2. The van der Waals surface area contributed by atoms with Crippen LogP contribution < -0.4 is 24.8 Å². The van der Waals surface area contributed by atoms with Crippen molar-refractivity contribution < 1.29 is 44.0 Å². The van der Waals surface area contributed by atoms with Crippen LogP contribution in [-0.2, 0) is 36.4 Å². The molecule has 4 rings (SSSR count). The van der Waals surface area contributed by atoms with Crippen LogP contribution in [0.25, 0.3) is 11.1 Å². The third-order valence-electron chi connectivity index (χ3n) is 6.25. The van der Waals surface area contributed by atoms with E-state index in [-0.39, 0.29) is 41.8 Å². The maximum Gasteiger partial charge on any atom is -1.00 e. The van der Waals surface area contributed by atoms with Gasteiger partial charge < -0.3 is 24.8 Å². The molecule has 4 heteroatoms. The van der Waals surface area contributed by atoms with Gasteiger partial charge in [0.1, 0.15) is 0 Å². The first-order valence-corrected chi connectivity index (χ1v) is 17.6. The fourth-order valence-electron chi connectivity index (χ4n) is 4.27. The molecule has 0 saturated heterocycles. The Balaban J connectivity index is 0.000000686. The number of allylic oxidation sites excluding steroid dienone is 4. The first-order chi connectivity index (χ1) is 15.8. The molecule has 0 radical (unpaired) electrons. The summed E-state index contributed by atoms with van der Waals surface area (Å²) in [7, 11) is 0. The minimum Gasteiger partial charge on any atom is -1.00 e. The number of hydrogen-bond acceptors (Lipinski definition) is 0. The Morgan fingerprint density at radius 3 is 1.92 bits per heavy atom. The molecule has 0 fully saturated rings. The molecule has 36 heavy (non-hydrogen) atoms. The van der Waals surface area contributed by atoms with E-state index in [2.05, 4.69) is 136 Å². The number of fused-ring (bicyclic) bond motifs is 3. The summed E-state index contributed by atoms with van der Waals surface area (Å²) in [5.41, 5.74) is 11.7. The van der Waals surface area contributed by atoms with Crippen LogP contribution in [0.15, 0.2) is 47.6 Å². The zero-order valence-corrected chi connectivity index (χ0v) is 28.1. The Hall–Kier alpha value is -0.569. The van der Waals surface area contributed by atoms with Gasteiger partial charge in [0.05, 0.1) is 0 Å². The first-order valence-electron chi connectivity index (χ1n) is 12.8. The molecule has 0 N–H and O–H groups in total. The number of hydrogen-bond donors (Lipinski definition) is 0. The van der Waals surface area contributed by atoms with Crippen molar-refractivity contribution in [2.24, 2.45) is 0 Å². The molecule has 2 aliphatic rings. The second-order valence-corrected chi connectivity index (χ2v) is 18.3. The molecule has 0 unspecified atom stereocenters. The van der Waals surface area contributed by atoms with Gasteiger partial charge in [0.25, 0.3) is 0 Å². The second kappa shape index (κ2) is 15.1. The molecular weight excluding hydrogens is 531 g/mol. The molecule has 0 nitrogen and oxygen atoms in total. The Morgan fingerprint density at radius 2 is 1.44 bits per heavy atom. The molecule has 0 heterocycles. The summed E-state index contributed by atoms with van der Waals surface area (Å²) >= 11 is 2.27. The van der Waals surface area contributed by atoms with Crippen molar-refractivity contribution in [3.63, 3.8) is 0 Å². The average Bonchev–Trinajstić information content (AvgIpc) is 3.35. The topological polar surface area (TPSA) is 0 Å². The van der Waals surface area contributed by atoms with E-state index in [9.17, 15) is 0 Å². The zero-order chi connectivity index (χ0) is 25.7. The van der Waals surface area contributed by atoms with Crippen LogP contribution in [0.3, 0.4) is 0 Å². The van der Waals surface area contributed by atoms with Gasteiger partial charge in [-0.2, -0.15) is 35.4 Å². The van der Waals surface area contributed by atoms with Crippen molar-refractivity contribution in [3.05, 3.63) is 82.0 Å². The molecule has 0 aromatic heterocycles. The Kier molecular flexibility index (Phi) is 14.9. The minimum absolute atomic E-state index is 0. The van der Waals surface area contributed by atoms with E-state index in [1.807, 2.05) is 0 Å². The van der Waals surface area contributed by atoms with Crippen LogP contribution >= 0.6 is 0 Å². The van der Waals surface area contributed by atoms with Gasteiger partial charge in [-0.05, 0) is 28.4 Å². The van der Waals surface area contributed by atoms with Crippen molar-refractivity contribution >= 4 is 6.19 Å². The third-order valence-corrected chi connectivity index (χ3v) is 6.25. The maximum atomic E-state index is 3.67. The Morgan fingerprint density at radius 1 is 0.861 bits per heavy atom. The van der Waals surface area contributed by atoms with Crippen molar-refractivity contribution in [2.75, 3.05) is 0 Å². The molecule has 0 atom stereocenters. The maximum absolute atomic E-state index is 3.67. The monoisotopic (exact) mass is 574 g/mol. The van der Waals surface area contributed by atoms with E-state index in [4.69, 9.17) is 0 Å². The summed E-state index contributed by atoms with van der Waals surface area (Å²) < 4.78 is 0. The van der Waals surface area contributed by atoms with Crippen molar-refractivity contribution in [1.29, 1.82) is 0 Å². The molecule has 0 amide bonds. The van der Waals surface area contributed by atoms with E-state index in [1.165, 1.54) is 50.9 Å². The predicted octanol–water partition coefficient (Wildman–Crippen LogP) is 3.31. The van der Waals surface area contributed by atoms with Gasteiger partial charge >= 0.3 is 38.5 Å². The molecule has 2 aromatic carbocycles. The quantitative estimate of drug-likeness (QED) is 0.325. The summed E-state index contributed by atoms with van der Waals surface area (Å²) in [5.74, 6) is 0. The molecule has 2 aliphatic carbocycles. The van der Waals surface area contributed by atoms with Gasteiger partial charge in [0.2, 0.25) is 0 Å². The summed E-state index contributed by atoms with van der Waals surface area (Å²) in [6.07, 6.45) is 10.1. The van der Waals surface area contributed by atoms with Gasteiger partial charge in [0, 0.05) is 0 Å². The van der Waals surface area contributed by atoms with Gasteiger partial charge in [-0.3, -0.25) is 6.08 Å². The van der Waals surface area contributed by atoms with Crippen molar-refractivity contribution in [3.8, 4) is 11.1 Å². The zero-order valence-electron chi connectivity index (χ0n) is 24.0. The molecule has 2 aromatic rings. The van der Waals surface area contributed by atoms with E-state index >= 15 is 0 Å². The smallest absolute Gasteiger partial charge is 1.00 e. The fraction of sp³-hybridized carbons (Fsp3) is 0.500. The Labute approximate surface area is 246 Å². The molecule has 0 bridgehead atoms. The SMILES string of the molecule is CC(C)(C)c1[c-]c2c(cc1)-c1ccc(C(C)(C)C)cc1C2.CCC1=[C-]CC=C1CC.C[Si](C)=[Ti+2].[Cl-].[Cl-]. The van der Waals surface area contributed by atoms with E-state index in [0.29, 0.717) is 0 Å². The van der Waals surface area contributed by atoms with Gasteiger partial charge in [0.15, 0.2) is 0 Å². The Bertz CT molecular complexity index is 999. The third kappa shape index (κ3) is 9.96. The minimum atomic E-state index is 0. The fourth-order valence-corrected chi connectivity index (χ4v) is 4.27. The number of benzene rings is 2. The van der Waals surface area contributed by atoms with Crippen LogP contribution in [0.2, 0.25) is 13.1 Å². The molecule has 0 spiro atoms. The van der Waals surface area contributed by atoms with Crippen molar-refractivity contribution in [1.82, 2.24) is 0 Å². The molecule has 0 aliphatic heterocycles. The summed E-state index contributed by atoms with van der Waals surface area (Å²) in [6.45, 7) is 22.5. The van der Waals surface area contributed by atoms with Gasteiger partial charge in [-0.1, -0.05) is 92.0 Å². The number of rotatable bonds is 2. The first kappa shape index (κ1) is 35.4. The largest absolute Gasteiger partial charge is 1.00 e. The normalized spacial score (nSPS) is 13.3. The summed E-state index contributed by atoms with van der Waals surface area (Å²) in [4.78, 5) is 0. The average molecular weight is 576 g/mol. The molecule has 0 saturated carbocycles. The van der Waals surface area contributed by atoms with Crippen LogP contribution in [0.5, 0.6) is 0 Å². The van der Waals surface area contributed by atoms with Gasteiger partial charge in [-0.15, -0.1) is 17.5 Å².